The van der Waals surface area contributed by atoms with E-state index in [0.29, 0.717) is 115 Å². The Bertz CT molecular complexity index is 5760. The summed E-state index contributed by atoms with van der Waals surface area (Å²) in [4.78, 5) is 121. The largest absolute Gasteiger partial charge is 0.494 e. The van der Waals surface area contributed by atoms with Gasteiger partial charge in [0.25, 0.3) is 23.4 Å². The van der Waals surface area contributed by atoms with Gasteiger partial charge >= 0.3 is 151 Å². The summed E-state index contributed by atoms with van der Waals surface area (Å²) in [6.45, 7) is 10.2. The van der Waals surface area contributed by atoms with Crippen LogP contribution < -0.4 is 23.0 Å². The first-order valence-corrected chi connectivity index (χ1v) is 48.6. The van der Waals surface area contributed by atoms with E-state index in [-0.39, 0.29) is 16.3 Å². The van der Waals surface area contributed by atoms with Gasteiger partial charge in [0.2, 0.25) is 11.9 Å². The molecule has 2 N–H and O–H groups in total. The van der Waals surface area contributed by atoms with E-state index in [9.17, 15) is 19.2 Å². The van der Waals surface area contributed by atoms with Gasteiger partial charge in [0.05, 0.1) is 108 Å². The average Bonchev–Trinajstić information content (AvgIpc) is 1.70. The molecule has 41 heteroatoms. The van der Waals surface area contributed by atoms with Crippen LogP contribution in [0.5, 0.6) is 11.5 Å². The molecule has 17 rings (SSSR count). The number of para-hydroxylation sites is 2. The second-order valence-corrected chi connectivity index (χ2v) is 43.1. The third-order valence-corrected chi connectivity index (χ3v) is 36.4. The second-order valence-electron chi connectivity index (χ2n) is 27.2. The Morgan fingerprint density at radius 3 is 1.27 bits per heavy atom. The summed E-state index contributed by atoms with van der Waals surface area (Å²) in [5, 5.41) is 25.2. The number of carbonyl (C=O) groups is 4. The first-order chi connectivity index (χ1) is 58.6. The number of amides is 2. The number of aromatic nitrogens is 26. The second kappa shape index (κ2) is 41.5. The molecule has 15 heterocycles. The van der Waals surface area contributed by atoms with Crippen LogP contribution in [-0.2, 0) is 9.59 Å². The Kier molecular flexibility index (Phi) is 29.7. The molecule has 0 saturated carbocycles. The molecule has 2 saturated heterocycles. The van der Waals surface area contributed by atoms with Crippen LogP contribution in [0, 0.1) is 0 Å². The summed E-state index contributed by atoms with van der Waals surface area (Å²) in [6.07, 6.45) is 43.4. The van der Waals surface area contributed by atoms with Crippen LogP contribution in [0.25, 0.3) is 62.0 Å². The predicted octanol–water partition coefficient (Wildman–Crippen LogP) is 11.6. The minimum atomic E-state index is -2.43. The summed E-state index contributed by atoms with van der Waals surface area (Å²) < 4.78 is 27.5. The van der Waals surface area contributed by atoms with Gasteiger partial charge in [-0.05, 0) is 92.9 Å². The van der Waals surface area contributed by atoms with Crippen LogP contribution >= 0.6 is 59.4 Å². The number of hydrogen-bond acceptors (Lipinski definition) is 27. The molecule has 0 atom stereocenters. The number of unbranched alkanes of at least 4 members (excludes halogenated alkanes) is 3. The number of piperazine rings is 2. The number of nitrogens with one attached hydrogen (secondary N) is 2. The van der Waals surface area contributed by atoms with Crippen LogP contribution in [0.3, 0.4) is 0 Å². The third kappa shape index (κ3) is 20.6. The number of ether oxygens (including phenoxy) is 2. The van der Waals surface area contributed by atoms with E-state index in [4.69, 9.17) is 31.0 Å². The van der Waals surface area contributed by atoms with Crippen molar-refractivity contribution >= 4 is 139 Å². The quantitative estimate of drug-likeness (QED) is 0.0245. The number of ketones is 2. The molecule has 13 aromatic heterocycles. The van der Waals surface area contributed by atoms with Crippen molar-refractivity contribution in [2.24, 2.45) is 0 Å². The van der Waals surface area contributed by atoms with Crippen molar-refractivity contribution in [3.63, 3.8) is 0 Å². The van der Waals surface area contributed by atoms with Gasteiger partial charge in [-0.25, -0.2) is 49.8 Å². The Balaban J connectivity index is 0.000000143. The Morgan fingerprint density at radius 1 is 0.467 bits per heavy atom. The van der Waals surface area contributed by atoms with E-state index in [2.05, 4.69) is 171 Å². The van der Waals surface area contributed by atoms with Gasteiger partial charge in [0.15, 0.2) is 16.8 Å². The maximum atomic E-state index is 13.6. The van der Waals surface area contributed by atoms with Gasteiger partial charge < -0.3 is 39.0 Å². The van der Waals surface area contributed by atoms with Crippen LogP contribution in [0.4, 0.5) is 11.9 Å². The van der Waals surface area contributed by atoms with Crippen molar-refractivity contribution in [1.82, 2.24) is 139 Å². The SMILES string of the molecule is Brc1cnc(-n2ccnc2)cn1.Brc1cnc(Br)cn1.CCC[CH2][Sn]([CH2]CCC)([CH2]CCC)[c]1cnc(-n2ccnc2)cn1.COc1cnc(-c2cnc(-n3ccnc3)cn2)c2[nH]cc(C(=O)C(=O)N3CCN(c4nnnn4-c4ccccc4)CC3)c12.COc1cnc(Cl)c2[nH]cc(C(=O)C(=O)N3CCN(c4nnnn4-c4ccccc4)CC3)c12. The fourth-order valence-electron chi connectivity index (χ4n) is 13.6. The van der Waals surface area contributed by atoms with E-state index in [0.717, 1.165) is 36.8 Å². The van der Waals surface area contributed by atoms with Gasteiger partial charge in [-0.3, -0.25) is 28.3 Å². The van der Waals surface area contributed by atoms with Crippen molar-refractivity contribution in [2.75, 3.05) is 76.4 Å². The van der Waals surface area contributed by atoms with Crippen LogP contribution in [-0.4, -0.2) is 247 Å². The minimum absolute atomic E-state index is 0.193. The number of carbonyl (C=O) groups excluding carboxylic acids is 4. The molecule has 0 unspecified atom stereocenters. The topological polar surface area (TPSA) is 401 Å². The molecule has 616 valence electrons. The van der Waals surface area contributed by atoms with E-state index in [1.54, 1.807) is 104 Å². The molecule has 15 aromatic rings. The zero-order valence-corrected chi connectivity index (χ0v) is 74.3. The van der Waals surface area contributed by atoms with Crippen molar-refractivity contribution in [3.8, 4) is 51.7 Å². The number of H-pyrrole nitrogens is 2. The van der Waals surface area contributed by atoms with Gasteiger partial charge in [-0.15, -0.1) is 0 Å². The summed E-state index contributed by atoms with van der Waals surface area (Å²) in [7, 11) is 2.96. The Morgan fingerprint density at radius 2 is 0.875 bits per heavy atom. The van der Waals surface area contributed by atoms with E-state index >= 15 is 0 Å². The van der Waals surface area contributed by atoms with Crippen LogP contribution in [0.2, 0.25) is 18.5 Å². The molecule has 2 aliphatic heterocycles. The van der Waals surface area contributed by atoms with Crippen molar-refractivity contribution < 1.29 is 28.7 Å². The molecule has 2 aromatic carbocycles. The fraction of sp³-hybridized carbons (Fsp3) is 0.278. The number of nitrogens with zero attached hydrogens (tertiary/aromatic N) is 28. The molecule has 2 fully saturated rings. The number of aromatic amines is 2. The first-order valence-electron chi connectivity index (χ1n) is 38.4. The molecular weight excluding hydrogens is 1860 g/mol. The number of fused-ring (bicyclic) bond motifs is 2. The molecule has 0 aliphatic carbocycles. The van der Waals surface area contributed by atoms with Crippen LogP contribution in [0.1, 0.15) is 80.0 Å². The number of Topliss-reactive ketones (excluding diaryl/α,β-unsaturated/α-hetero) is 2. The number of benzene rings is 2. The number of pyridine rings is 2. The van der Waals surface area contributed by atoms with Gasteiger partial charge in [0, 0.05) is 89.5 Å². The normalized spacial score (nSPS) is 12.6. The van der Waals surface area contributed by atoms with E-state index in [1.165, 1.54) is 99.5 Å². The molecular formula is C79H82Br3ClN30O6Sn. The number of imidazole rings is 3. The number of anilines is 2. The average molecular weight is 1940 g/mol. The molecule has 0 radical (unpaired) electrons. The monoisotopic (exact) mass is 1940 g/mol. The maximum Gasteiger partial charge on any atom is 0.295 e. The number of methoxy groups -OCH3 is 2. The Labute approximate surface area is 722 Å². The van der Waals surface area contributed by atoms with Gasteiger partial charge in [-0.1, -0.05) is 58.2 Å². The third-order valence-electron chi connectivity index (χ3n) is 19.8. The summed E-state index contributed by atoms with van der Waals surface area (Å²) >= 11 is 13.2. The van der Waals surface area contributed by atoms with Crippen molar-refractivity contribution in [3.05, 3.63) is 221 Å². The summed E-state index contributed by atoms with van der Waals surface area (Å²) in [5.74, 6) is 1.64. The molecule has 0 spiro atoms. The maximum absolute atomic E-state index is 13.6. The van der Waals surface area contributed by atoms with Crippen molar-refractivity contribution in [1.29, 1.82) is 0 Å². The minimum Gasteiger partial charge on any atom is -0.494 e. The Hall–Kier alpha value is -12.1. The van der Waals surface area contributed by atoms with E-state index in [1.807, 2.05) is 93.6 Å². The number of tetrazole rings is 2. The van der Waals surface area contributed by atoms with Gasteiger partial charge in [-0.2, -0.15) is 9.36 Å². The summed E-state index contributed by atoms with van der Waals surface area (Å²) in [5.41, 5.74) is 3.98. The number of rotatable bonds is 24. The number of halogens is 4. The molecule has 2 amide bonds. The predicted molar refractivity (Wildman–Crippen MR) is 461 cm³/mol. The van der Waals surface area contributed by atoms with Crippen molar-refractivity contribution in [2.45, 2.75) is 72.6 Å². The fourth-order valence-corrected chi connectivity index (χ4v) is 29.5. The number of hydrogen-bond donors (Lipinski definition) is 2. The summed E-state index contributed by atoms with van der Waals surface area (Å²) in [6, 6.07) is 19.1. The van der Waals surface area contributed by atoms with Gasteiger partial charge in [0.1, 0.15) is 49.4 Å². The zero-order chi connectivity index (χ0) is 83.9. The smallest absolute Gasteiger partial charge is 0.295 e. The zero-order valence-electron chi connectivity index (χ0n) is 65.9. The van der Waals surface area contributed by atoms with E-state index < -0.39 is 41.8 Å². The first kappa shape index (κ1) is 85.8. The molecule has 36 nitrogen and oxygen atoms in total. The molecule has 0 bridgehead atoms. The molecule has 2 aliphatic rings. The van der Waals surface area contributed by atoms with Crippen LogP contribution in [0.15, 0.2) is 205 Å². The molecule has 120 heavy (non-hydrogen) atoms. The standard InChI is InChI=1S/C28H24N12O3.C21H19ClN8O3.C7H5BrN4.C7H5N4.C4H2Br2N2.3C4H9.Sn/c1-43-21-15-33-24(20-14-31-22(16-30-20)39-8-7-29-17-39)25-23(21)19(13-32-25)26(41)27(42)37-9-11-38(12-10-37)28-34-35-36-40(28)18-5-3-2-4-6-18;1-33-15-12-24-19(22)17-16(15)14(11-23-17)18(31)20(32)28-7-9-29(10-8-28)21-25-26-27-30(21)13-5-3-2-4-6-13;8-6-3-11-7(4-10-6)12-2-1-9-5-12;1-2-10-7(5-8-1)11-4-3-9-6-11;5-3-1-7-4(6)2-8-3;3*1-3-4-2;/h2-8,13-17,32H,9-12H2,1H3;2-6,11-12,23H,7-10H2,1H3;1-5H;2-6H;1-2H;3*1,3-4H2,2H3;.